The number of amides is 2. The molecule has 25 heavy (non-hydrogen) atoms. The summed E-state index contributed by atoms with van der Waals surface area (Å²) in [6, 6.07) is 11.2. The molecule has 0 radical (unpaired) electrons. The van der Waals surface area contributed by atoms with E-state index in [-0.39, 0.29) is 12.1 Å². The molecule has 6 heteroatoms. The Morgan fingerprint density at radius 3 is 3.04 bits per heavy atom. The monoisotopic (exact) mass is 341 g/mol. The lowest BCUT2D eigenvalue weighted by Crippen LogP contribution is -2.39. The average Bonchev–Trinajstić information content (AvgIpc) is 3.15. The molecule has 1 aliphatic heterocycles. The molecule has 1 aliphatic rings. The molecule has 132 valence electrons. The lowest BCUT2D eigenvalue weighted by molar-refractivity contribution is 0.0819. The highest BCUT2D eigenvalue weighted by Crippen LogP contribution is 2.18. The van der Waals surface area contributed by atoms with E-state index in [9.17, 15) is 4.79 Å². The quantitative estimate of drug-likeness (QED) is 0.875. The fraction of sp³-hybridized carbons (Fsp3) is 0.368. The van der Waals surface area contributed by atoms with E-state index in [0.29, 0.717) is 18.8 Å². The van der Waals surface area contributed by atoms with E-state index in [1.54, 1.807) is 30.5 Å². The Bertz CT molecular complexity index is 687. The topological polar surface area (TPSA) is 63.7 Å². The Morgan fingerprint density at radius 1 is 1.40 bits per heavy atom. The summed E-state index contributed by atoms with van der Waals surface area (Å²) in [4.78, 5) is 18.6. The smallest absolute Gasteiger partial charge is 0.322 e. The van der Waals surface area contributed by atoms with Crippen LogP contribution in [-0.4, -0.2) is 42.3 Å². The summed E-state index contributed by atoms with van der Waals surface area (Å²) in [6.45, 7) is 1.81. The fourth-order valence-corrected chi connectivity index (χ4v) is 2.88. The summed E-state index contributed by atoms with van der Waals surface area (Å²) in [7, 11) is 1.64. The van der Waals surface area contributed by atoms with Crippen molar-refractivity contribution in [2.75, 3.05) is 25.6 Å². The summed E-state index contributed by atoms with van der Waals surface area (Å²) in [5, 5.41) is 2.90. The number of pyridine rings is 1. The maximum absolute atomic E-state index is 12.8. The SMILES string of the molecule is COc1cccc(CN(CC2CCCO2)C(=O)Nc2cccnc2)c1. The first-order valence-electron chi connectivity index (χ1n) is 8.45. The number of hydrogen-bond donors (Lipinski definition) is 1. The van der Waals surface area contributed by atoms with E-state index in [4.69, 9.17) is 9.47 Å². The van der Waals surface area contributed by atoms with Crippen molar-refractivity contribution in [3.8, 4) is 5.75 Å². The van der Waals surface area contributed by atoms with Crippen molar-refractivity contribution < 1.29 is 14.3 Å². The number of benzene rings is 1. The molecule has 0 saturated carbocycles. The van der Waals surface area contributed by atoms with Crippen LogP contribution in [0.2, 0.25) is 0 Å². The second-order valence-corrected chi connectivity index (χ2v) is 6.04. The van der Waals surface area contributed by atoms with Crippen molar-refractivity contribution in [3.63, 3.8) is 0 Å². The zero-order valence-electron chi connectivity index (χ0n) is 14.4. The second kappa shape index (κ2) is 8.48. The molecule has 2 amide bonds. The van der Waals surface area contributed by atoms with E-state index in [2.05, 4.69) is 10.3 Å². The molecule has 2 aromatic rings. The van der Waals surface area contributed by atoms with Crippen LogP contribution in [0.5, 0.6) is 5.75 Å². The number of hydrogen-bond acceptors (Lipinski definition) is 4. The standard InChI is InChI=1S/C19H23N3O3/c1-24-17-7-2-5-15(11-17)13-22(14-18-8-4-10-25-18)19(23)21-16-6-3-9-20-12-16/h2-3,5-7,9,11-12,18H,4,8,10,13-14H2,1H3,(H,21,23). The predicted octanol–water partition coefficient (Wildman–Crippen LogP) is 3.30. The number of methoxy groups -OCH3 is 1. The van der Waals surface area contributed by atoms with Gasteiger partial charge in [-0.05, 0) is 42.7 Å². The first-order valence-corrected chi connectivity index (χ1v) is 8.45. The number of nitrogens with one attached hydrogen (secondary N) is 1. The van der Waals surface area contributed by atoms with Gasteiger partial charge in [0.25, 0.3) is 0 Å². The second-order valence-electron chi connectivity index (χ2n) is 6.04. The number of aromatic nitrogens is 1. The van der Waals surface area contributed by atoms with E-state index < -0.39 is 0 Å². The summed E-state index contributed by atoms with van der Waals surface area (Å²) in [6.07, 6.45) is 5.42. The van der Waals surface area contributed by atoms with Crippen LogP contribution in [0, 0.1) is 0 Å². The number of anilines is 1. The van der Waals surface area contributed by atoms with Gasteiger partial charge in [-0.15, -0.1) is 0 Å². The highest BCUT2D eigenvalue weighted by Gasteiger charge is 2.23. The minimum absolute atomic E-state index is 0.0882. The maximum atomic E-state index is 12.8. The number of carbonyl (C=O) groups is 1. The first-order chi connectivity index (χ1) is 12.2. The summed E-state index contributed by atoms with van der Waals surface area (Å²) < 4.78 is 11.0. The van der Waals surface area contributed by atoms with E-state index in [0.717, 1.165) is 30.8 Å². The zero-order chi connectivity index (χ0) is 17.5. The molecule has 2 heterocycles. The third-order valence-electron chi connectivity index (χ3n) is 4.16. The Hall–Kier alpha value is -2.60. The Balaban J connectivity index is 1.72. The van der Waals surface area contributed by atoms with Gasteiger partial charge in [0.1, 0.15) is 5.75 Å². The molecule has 1 saturated heterocycles. The number of carbonyl (C=O) groups excluding carboxylic acids is 1. The van der Waals surface area contributed by atoms with E-state index in [1.165, 1.54) is 0 Å². The van der Waals surface area contributed by atoms with Crippen LogP contribution in [-0.2, 0) is 11.3 Å². The minimum Gasteiger partial charge on any atom is -0.497 e. The molecule has 0 spiro atoms. The minimum atomic E-state index is -0.161. The van der Waals surface area contributed by atoms with Crippen LogP contribution in [0.3, 0.4) is 0 Å². The normalized spacial score (nSPS) is 16.4. The fourth-order valence-electron chi connectivity index (χ4n) is 2.88. The van der Waals surface area contributed by atoms with Gasteiger partial charge in [-0.2, -0.15) is 0 Å². The molecule has 1 atom stereocenters. The van der Waals surface area contributed by atoms with Gasteiger partial charge in [-0.25, -0.2) is 4.79 Å². The molecule has 1 N–H and O–H groups in total. The summed E-state index contributed by atoms with van der Waals surface area (Å²) >= 11 is 0. The van der Waals surface area contributed by atoms with Gasteiger partial charge in [-0.1, -0.05) is 12.1 Å². The highest BCUT2D eigenvalue weighted by atomic mass is 16.5. The lowest BCUT2D eigenvalue weighted by atomic mass is 10.2. The number of nitrogens with zero attached hydrogens (tertiary/aromatic N) is 2. The molecule has 0 bridgehead atoms. The number of ether oxygens (including phenoxy) is 2. The molecule has 0 aliphatic carbocycles. The Kier molecular flexibility index (Phi) is 5.85. The van der Waals surface area contributed by atoms with Gasteiger partial charge in [0.15, 0.2) is 0 Å². The molecular weight excluding hydrogens is 318 g/mol. The van der Waals surface area contributed by atoms with Crippen molar-refractivity contribution in [3.05, 3.63) is 54.4 Å². The van der Waals surface area contributed by atoms with Crippen LogP contribution in [0.1, 0.15) is 18.4 Å². The van der Waals surface area contributed by atoms with Gasteiger partial charge < -0.3 is 19.7 Å². The van der Waals surface area contributed by atoms with E-state index >= 15 is 0 Å². The molecule has 6 nitrogen and oxygen atoms in total. The largest absolute Gasteiger partial charge is 0.497 e. The molecule has 1 aromatic carbocycles. The van der Waals surface area contributed by atoms with Gasteiger partial charge >= 0.3 is 6.03 Å². The number of urea groups is 1. The van der Waals surface area contributed by atoms with Crippen molar-refractivity contribution in [2.24, 2.45) is 0 Å². The molecule has 1 unspecified atom stereocenters. The van der Waals surface area contributed by atoms with Crippen molar-refractivity contribution in [1.82, 2.24) is 9.88 Å². The van der Waals surface area contributed by atoms with Gasteiger partial charge in [0.2, 0.25) is 0 Å². The highest BCUT2D eigenvalue weighted by molar-refractivity contribution is 5.89. The number of rotatable bonds is 6. The van der Waals surface area contributed by atoms with E-state index in [1.807, 2.05) is 30.3 Å². The maximum Gasteiger partial charge on any atom is 0.322 e. The van der Waals surface area contributed by atoms with Crippen LogP contribution < -0.4 is 10.1 Å². The predicted molar refractivity (Wildman–Crippen MR) is 95.6 cm³/mol. The van der Waals surface area contributed by atoms with Crippen LogP contribution in [0.15, 0.2) is 48.8 Å². The van der Waals surface area contributed by atoms with Crippen LogP contribution in [0.4, 0.5) is 10.5 Å². The molecular formula is C19H23N3O3. The molecule has 1 aromatic heterocycles. The summed E-state index contributed by atoms with van der Waals surface area (Å²) in [5.41, 5.74) is 1.69. The Morgan fingerprint density at radius 2 is 2.32 bits per heavy atom. The summed E-state index contributed by atoms with van der Waals surface area (Å²) in [5.74, 6) is 0.780. The third-order valence-corrected chi connectivity index (χ3v) is 4.16. The van der Waals surface area contributed by atoms with Crippen molar-refractivity contribution >= 4 is 11.7 Å². The lowest BCUT2D eigenvalue weighted by Gasteiger charge is -2.26. The Labute approximate surface area is 147 Å². The van der Waals surface area contributed by atoms with Gasteiger partial charge in [0, 0.05) is 25.9 Å². The van der Waals surface area contributed by atoms with Crippen LogP contribution in [0.25, 0.3) is 0 Å². The van der Waals surface area contributed by atoms with Crippen LogP contribution >= 0.6 is 0 Å². The molecule has 3 rings (SSSR count). The zero-order valence-corrected chi connectivity index (χ0v) is 14.4. The van der Waals surface area contributed by atoms with Crippen molar-refractivity contribution in [1.29, 1.82) is 0 Å². The van der Waals surface area contributed by atoms with Gasteiger partial charge in [0.05, 0.1) is 25.1 Å². The van der Waals surface area contributed by atoms with Gasteiger partial charge in [-0.3, -0.25) is 4.98 Å². The molecule has 1 fully saturated rings. The van der Waals surface area contributed by atoms with Crippen molar-refractivity contribution in [2.45, 2.75) is 25.5 Å². The average molecular weight is 341 g/mol. The first kappa shape index (κ1) is 17.2. The third kappa shape index (κ3) is 4.93.